The summed E-state index contributed by atoms with van der Waals surface area (Å²) >= 11 is 0. The van der Waals surface area contributed by atoms with Crippen molar-refractivity contribution in [3.8, 4) is 0 Å². The van der Waals surface area contributed by atoms with Gasteiger partial charge in [-0.2, -0.15) is 0 Å². The van der Waals surface area contributed by atoms with Crippen LogP contribution in [0.2, 0.25) is 0 Å². The molecule has 0 radical (unpaired) electrons. The second-order valence-electron chi connectivity index (χ2n) is 6.86. The Kier molecular flexibility index (Phi) is 3.77. The number of aliphatic hydroxyl groups is 1. The Bertz CT molecular complexity index is 777. The predicted molar refractivity (Wildman–Crippen MR) is 92.7 cm³/mol. The van der Waals surface area contributed by atoms with Crippen molar-refractivity contribution in [2.45, 2.75) is 45.6 Å². The Morgan fingerprint density at radius 2 is 1.96 bits per heavy atom. The molecule has 3 heteroatoms. The van der Waals surface area contributed by atoms with Crippen LogP contribution in [0.4, 0.5) is 5.69 Å². The number of aliphatic hydroxyl groups excluding tert-OH is 1. The van der Waals surface area contributed by atoms with Gasteiger partial charge in [-0.25, -0.2) is 0 Å². The number of hydrogen-bond donors (Lipinski definition) is 2. The lowest BCUT2D eigenvalue weighted by Gasteiger charge is -2.20. The highest BCUT2D eigenvalue weighted by molar-refractivity contribution is 6.06. The minimum atomic E-state index is -0.746. The van der Waals surface area contributed by atoms with Gasteiger partial charge < -0.3 is 10.4 Å². The highest BCUT2D eigenvalue weighted by Gasteiger charge is 2.40. The van der Waals surface area contributed by atoms with Crippen LogP contribution in [0.5, 0.6) is 0 Å². The van der Waals surface area contributed by atoms with Crippen LogP contribution < -0.4 is 5.32 Å². The summed E-state index contributed by atoms with van der Waals surface area (Å²) in [6, 6.07) is 11.9. The van der Waals surface area contributed by atoms with Gasteiger partial charge >= 0.3 is 0 Å². The molecule has 2 N–H and O–H groups in total. The number of amides is 1. The van der Waals surface area contributed by atoms with Crippen LogP contribution in [-0.4, -0.2) is 11.0 Å². The number of rotatable bonds is 3. The van der Waals surface area contributed by atoms with Crippen LogP contribution in [-0.2, 0) is 16.6 Å². The van der Waals surface area contributed by atoms with Gasteiger partial charge in [-0.05, 0) is 43.9 Å². The molecule has 0 fully saturated rings. The molecular weight excluding hydrogens is 286 g/mol. The zero-order valence-corrected chi connectivity index (χ0v) is 14.1. The van der Waals surface area contributed by atoms with Crippen molar-refractivity contribution in [3.05, 3.63) is 64.2 Å². The molecule has 2 aromatic rings. The second kappa shape index (κ2) is 5.50. The fourth-order valence-electron chi connectivity index (χ4n) is 3.19. The maximum Gasteiger partial charge on any atom is 0.234 e. The first-order valence-corrected chi connectivity index (χ1v) is 8.08. The predicted octanol–water partition coefficient (Wildman–Crippen LogP) is 3.87. The van der Waals surface area contributed by atoms with Crippen LogP contribution in [0.3, 0.4) is 0 Å². The Hall–Kier alpha value is -2.13. The molecule has 0 saturated heterocycles. The highest BCUT2D eigenvalue weighted by atomic mass is 16.3. The quantitative estimate of drug-likeness (QED) is 0.904. The van der Waals surface area contributed by atoms with E-state index in [9.17, 15) is 9.90 Å². The molecule has 3 rings (SSSR count). The van der Waals surface area contributed by atoms with Crippen molar-refractivity contribution in [2.24, 2.45) is 0 Å². The molecule has 0 saturated carbocycles. The summed E-state index contributed by atoms with van der Waals surface area (Å²) in [4.78, 5) is 12.3. The van der Waals surface area contributed by atoms with E-state index in [1.165, 1.54) is 0 Å². The third-order valence-corrected chi connectivity index (χ3v) is 4.77. The molecule has 0 bridgehead atoms. The van der Waals surface area contributed by atoms with Crippen molar-refractivity contribution in [1.82, 2.24) is 0 Å². The Morgan fingerprint density at radius 3 is 2.61 bits per heavy atom. The lowest BCUT2D eigenvalue weighted by Crippen LogP contribution is -2.26. The summed E-state index contributed by atoms with van der Waals surface area (Å²) in [5.41, 5.74) is 5.05. The van der Waals surface area contributed by atoms with E-state index in [1.807, 2.05) is 51.1 Å². The first kappa shape index (κ1) is 15.8. The van der Waals surface area contributed by atoms with Crippen LogP contribution in [0.25, 0.3) is 0 Å². The van der Waals surface area contributed by atoms with E-state index >= 15 is 0 Å². The number of anilines is 1. The summed E-state index contributed by atoms with van der Waals surface area (Å²) in [7, 11) is 0. The molecule has 1 atom stereocenters. The first-order chi connectivity index (χ1) is 10.8. The number of aryl methyl sites for hydroxylation is 2. The van der Waals surface area contributed by atoms with E-state index in [4.69, 9.17) is 0 Å². The second-order valence-corrected chi connectivity index (χ2v) is 6.86. The monoisotopic (exact) mass is 309 g/mol. The molecule has 0 spiro atoms. The summed E-state index contributed by atoms with van der Waals surface area (Å²) < 4.78 is 0. The van der Waals surface area contributed by atoms with Gasteiger partial charge in [-0.1, -0.05) is 48.9 Å². The van der Waals surface area contributed by atoms with Gasteiger partial charge in [0, 0.05) is 5.56 Å². The average Bonchev–Trinajstić information content (AvgIpc) is 2.76. The summed E-state index contributed by atoms with van der Waals surface area (Å²) in [6.07, 6.45) is 0.120. The topological polar surface area (TPSA) is 49.3 Å². The highest BCUT2D eigenvalue weighted by Crippen LogP contribution is 2.43. The molecule has 0 aliphatic carbocycles. The fraction of sp³-hybridized carbons (Fsp3) is 0.350. The van der Waals surface area contributed by atoms with Crippen LogP contribution >= 0.6 is 0 Å². The molecule has 1 aliphatic rings. The van der Waals surface area contributed by atoms with E-state index < -0.39 is 11.5 Å². The van der Waals surface area contributed by atoms with E-state index in [0.29, 0.717) is 0 Å². The number of benzene rings is 2. The number of fused-ring (bicyclic) bond motifs is 1. The third kappa shape index (κ3) is 2.55. The Morgan fingerprint density at radius 1 is 1.22 bits per heavy atom. The van der Waals surface area contributed by atoms with E-state index in [2.05, 4.69) is 18.3 Å². The van der Waals surface area contributed by atoms with Crippen molar-refractivity contribution in [1.29, 1.82) is 0 Å². The lowest BCUT2D eigenvalue weighted by molar-refractivity contribution is -0.119. The maximum atomic E-state index is 12.3. The van der Waals surface area contributed by atoms with Gasteiger partial charge in [0.25, 0.3) is 0 Å². The van der Waals surface area contributed by atoms with Crippen LogP contribution in [0, 0.1) is 6.92 Å². The normalized spacial score (nSPS) is 16.8. The largest absolute Gasteiger partial charge is 0.384 e. The van der Waals surface area contributed by atoms with Crippen LogP contribution in [0.1, 0.15) is 54.7 Å². The molecule has 120 valence electrons. The van der Waals surface area contributed by atoms with Crippen molar-refractivity contribution < 1.29 is 9.90 Å². The minimum Gasteiger partial charge on any atom is -0.384 e. The SMILES string of the molecule is CCc1cc(C(O)c2cccc(C)c2)c2c(c1)C(C)(C)C(=O)N2. The van der Waals surface area contributed by atoms with Crippen molar-refractivity contribution >= 4 is 11.6 Å². The van der Waals surface area contributed by atoms with Gasteiger partial charge in [0.2, 0.25) is 5.91 Å². The molecule has 3 nitrogen and oxygen atoms in total. The number of nitrogens with one attached hydrogen (secondary N) is 1. The van der Waals surface area contributed by atoms with E-state index in [0.717, 1.165) is 39.9 Å². The third-order valence-electron chi connectivity index (χ3n) is 4.77. The number of carbonyl (C=O) groups excluding carboxylic acids is 1. The van der Waals surface area contributed by atoms with E-state index in [-0.39, 0.29) is 5.91 Å². The molecule has 1 unspecified atom stereocenters. The molecule has 1 amide bonds. The minimum absolute atomic E-state index is 0.0153. The standard InChI is InChI=1S/C20H23NO2/c1-5-13-10-15(18(22)14-8-6-7-12(2)9-14)17-16(11-13)20(3,4)19(23)21-17/h6-11,18,22H,5H2,1-4H3,(H,21,23). The summed E-state index contributed by atoms with van der Waals surface area (Å²) in [5, 5.41) is 13.9. The van der Waals surface area contributed by atoms with Gasteiger partial charge in [0.15, 0.2) is 0 Å². The first-order valence-electron chi connectivity index (χ1n) is 8.08. The fourth-order valence-corrected chi connectivity index (χ4v) is 3.19. The Balaban J connectivity index is 2.17. The summed E-state index contributed by atoms with van der Waals surface area (Å²) in [5.74, 6) is -0.0153. The van der Waals surface area contributed by atoms with Gasteiger partial charge in [0.05, 0.1) is 11.1 Å². The van der Waals surface area contributed by atoms with Crippen molar-refractivity contribution in [3.63, 3.8) is 0 Å². The zero-order chi connectivity index (χ0) is 16.8. The van der Waals surface area contributed by atoms with Gasteiger partial charge in [-0.15, -0.1) is 0 Å². The lowest BCUT2D eigenvalue weighted by atomic mass is 9.83. The maximum absolute atomic E-state index is 12.3. The van der Waals surface area contributed by atoms with Gasteiger partial charge in [0.1, 0.15) is 6.10 Å². The van der Waals surface area contributed by atoms with Crippen molar-refractivity contribution in [2.75, 3.05) is 5.32 Å². The molecule has 23 heavy (non-hydrogen) atoms. The number of carbonyl (C=O) groups is 1. The van der Waals surface area contributed by atoms with Crippen LogP contribution in [0.15, 0.2) is 36.4 Å². The Labute approximate surface area is 137 Å². The van der Waals surface area contributed by atoms with E-state index in [1.54, 1.807) is 0 Å². The van der Waals surface area contributed by atoms with Gasteiger partial charge in [-0.3, -0.25) is 4.79 Å². The smallest absolute Gasteiger partial charge is 0.234 e. The molecule has 1 heterocycles. The summed E-state index contributed by atoms with van der Waals surface area (Å²) in [6.45, 7) is 7.95. The molecular formula is C20H23NO2. The molecule has 0 aromatic heterocycles. The average molecular weight is 309 g/mol. The molecule has 1 aliphatic heterocycles. The number of hydrogen-bond acceptors (Lipinski definition) is 2. The molecule has 2 aromatic carbocycles. The zero-order valence-electron chi connectivity index (χ0n) is 14.1.